The lowest BCUT2D eigenvalue weighted by Gasteiger charge is -2.38. The van der Waals surface area contributed by atoms with Gasteiger partial charge in [-0.2, -0.15) is 0 Å². The Labute approximate surface area is 182 Å². The molecular weight excluding hydrogens is 424 g/mol. The number of nitrogens with one attached hydrogen (secondary N) is 1. The number of aromatic nitrogens is 2. The zero-order chi connectivity index (χ0) is 22.5. The van der Waals surface area contributed by atoms with Crippen LogP contribution in [0.5, 0.6) is 0 Å². The van der Waals surface area contributed by atoms with Crippen molar-refractivity contribution in [2.75, 3.05) is 18.4 Å². The maximum absolute atomic E-state index is 12.9. The Morgan fingerprint density at radius 3 is 2.35 bits per heavy atom. The summed E-state index contributed by atoms with van der Waals surface area (Å²) in [6, 6.07) is 6.99. The van der Waals surface area contributed by atoms with E-state index in [1.165, 1.54) is 18.7 Å². The molecular formula is C21H23ClN4O5. The summed E-state index contributed by atoms with van der Waals surface area (Å²) in [5.41, 5.74) is -1.29. The van der Waals surface area contributed by atoms with Crippen molar-refractivity contribution in [2.45, 2.75) is 30.8 Å². The average Bonchev–Trinajstić information content (AvgIpc) is 3.07. The molecule has 0 aliphatic carbocycles. The van der Waals surface area contributed by atoms with E-state index in [9.17, 15) is 24.3 Å². The highest BCUT2D eigenvalue weighted by molar-refractivity contribution is 6.30. The first kappa shape index (κ1) is 21.3. The molecule has 0 bridgehead atoms. The Morgan fingerprint density at radius 1 is 1.13 bits per heavy atom. The fourth-order valence-electron chi connectivity index (χ4n) is 4.34. The molecule has 0 saturated carbocycles. The number of carbonyl (C=O) groups is 2. The van der Waals surface area contributed by atoms with Gasteiger partial charge in [0.25, 0.3) is 5.56 Å². The molecule has 0 spiro atoms. The number of piperidine rings is 1. The highest BCUT2D eigenvalue weighted by Gasteiger charge is 2.40. The smallest absolute Gasteiger partial charge is 0.332 e. The van der Waals surface area contributed by atoms with Crippen molar-refractivity contribution in [3.63, 3.8) is 0 Å². The number of amides is 2. The number of rotatable bonds is 3. The Morgan fingerprint density at radius 2 is 1.74 bits per heavy atom. The van der Waals surface area contributed by atoms with Gasteiger partial charge in [-0.1, -0.05) is 23.7 Å². The molecule has 10 heteroatoms. The minimum absolute atomic E-state index is 0.137. The van der Waals surface area contributed by atoms with Crippen molar-refractivity contribution in [2.24, 2.45) is 14.1 Å². The van der Waals surface area contributed by atoms with Crippen LogP contribution in [0.15, 0.2) is 33.9 Å². The zero-order valence-electron chi connectivity index (χ0n) is 17.2. The number of likely N-dealkylation sites (tertiary alicyclic amines) is 1. The molecule has 3 heterocycles. The lowest BCUT2D eigenvalue weighted by atomic mass is 9.84. The predicted octanol–water partition coefficient (Wildman–Crippen LogP) is 0.673. The average molecular weight is 447 g/mol. The highest BCUT2D eigenvalue weighted by Crippen LogP contribution is 2.35. The SMILES string of the molecule is Cn1c2c(c(=O)n(C)c1=O)C(CC(=O)N1CCC(O)(c3ccc(Cl)cc3)CC1)C(=O)N2. The molecule has 1 aromatic heterocycles. The van der Waals surface area contributed by atoms with Crippen LogP contribution in [0.2, 0.25) is 5.02 Å². The second kappa shape index (κ2) is 7.65. The van der Waals surface area contributed by atoms with Gasteiger partial charge in [0.15, 0.2) is 0 Å². The molecule has 2 N–H and O–H groups in total. The van der Waals surface area contributed by atoms with Gasteiger partial charge in [0, 0.05) is 38.6 Å². The number of hydrogen-bond donors (Lipinski definition) is 2. The zero-order valence-corrected chi connectivity index (χ0v) is 18.0. The molecule has 4 rings (SSSR count). The third-order valence-corrected chi connectivity index (χ3v) is 6.56. The van der Waals surface area contributed by atoms with Crippen LogP contribution in [0.1, 0.15) is 36.3 Å². The van der Waals surface area contributed by atoms with E-state index < -0.39 is 28.7 Å². The normalized spacial score (nSPS) is 19.8. The summed E-state index contributed by atoms with van der Waals surface area (Å²) in [6.07, 6.45) is 0.528. The number of aliphatic hydroxyl groups is 1. The first-order valence-corrected chi connectivity index (χ1v) is 10.4. The molecule has 0 radical (unpaired) electrons. The largest absolute Gasteiger partial charge is 0.385 e. The molecule has 2 aromatic rings. The van der Waals surface area contributed by atoms with Gasteiger partial charge in [-0.3, -0.25) is 23.5 Å². The first-order chi connectivity index (χ1) is 14.6. The second-order valence-corrected chi connectivity index (χ2v) is 8.57. The third kappa shape index (κ3) is 3.57. The van der Waals surface area contributed by atoms with E-state index in [0.717, 1.165) is 10.1 Å². The van der Waals surface area contributed by atoms with Gasteiger partial charge in [0.1, 0.15) is 5.82 Å². The molecule has 31 heavy (non-hydrogen) atoms. The molecule has 1 atom stereocenters. The highest BCUT2D eigenvalue weighted by atomic mass is 35.5. The summed E-state index contributed by atoms with van der Waals surface area (Å²) < 4.78 is 2.13. The molecule has 1 aromatic carbocycles. The van der Waals surface area contributed by atoms with E-state index in [1.54, 1.807) is 29.2 Å². The van der Waals surface area contributed by atoms with Crippen molar-refractivity contribution in [1.82, 2.24) is 14.0 Å². The van der Waals surface area contributed by atoms with Gasteiger partial charge in [-0.15, -0.1) is 0 Å². The van der Waals surface area contributed by atoms with Crippen molar-refractivity contribution < 1.29 is 14.7 Å². The van der Waals surface area contributed by atoms with Crippen LogP contribution in [0.3, 0.4) is 0 Å². The van der Waals surface area contributed by atoms with Crippen molar-refractivity contribution in [1.29, 1.82) is 0 Å². The number of halogens is 1. The van der Waals surface area contributed by atoms with Gasteiger partial charge in [0.2, 0.25) is 11.8 Å². The summed E-state index contributed by atoms with van der Waals surface area (Å²) in [4.78, 5) is 51.7. The molecule has 9 nitrogen and oxygen atoms in total. The Hall–Kier alpha value is -2.91. The minimum atomic E-state index is -1.05. The standard InChI is InChI=1S/C21H23ClN4O5/c1-24-17-16(19(29)25(2)20(24)30)14(18(28)23-17)11-15(27)26-9-7-21(31,8-10-26)12-3-5-13(22)6-4-12/h3-6,14,31H,7-11H2,1-2H3,(H,23,28). The maximum Gasteiger partial charge on any atom is 0.332 e. The lowest BCUT2D eigenvalue weighted by molar-refractivity contribution is -0.137. The minimum Gasteiger partial charge on any atom is -0.385 e. The van der Waals surface area contributed by atoms with E-state index in [-0.39, 0.29) is 23.7 Å². The van der Waals surface area contributed by atoms with Crippen LogP contribution >= 0.6 is 11.6 Å². The van der Waals surface area contributed by atoms with Crippen molar-refractivity contribution in [3.05, 3.63) is 61.3 Å². The van der Waals surface area contributed by atoms with Crippen molar-refractivity contribution >= 4 is 29.2 Å². The van der Waals surface area contributed by atoms with E-state index in [0.29, 0.717) is 31.0 Å². The predicted molar refractivity (Wildman–Crippen MR) is 114 cm³/mol. The van der Waals surface area contributed by atoms with E-state index in [2.05, 4.69) is 5.32 Å². The summed E-state index contributed by atoms with van der Waals surface area (Å²) in [5.74, 6) is -1.56. The van der Waals surface area contributed by atoms with Gasteiger partial charge in [-0.05, 0) is 30.5 Å². The second-order valence-electron chi connectivity index (χ2n) is 8.13. The fourth-order valence-corrected chi connectivity index (χ4v) is 4.47. The maximum atomic E-state index is 12.9. The first-order valence-electron chi connectivity index (χ1n) is 9.99. The quantitative estimate of drug-likeness (QED) is 0.719. The van der Waals surface area contributed by atoms with E-state index in [1.807, 2.05) is 0 Å². The van der Waals surface area contributed by atoms with Crippen LogP contribution in [0.25, 0.3) is 0 Å². The number of anilines is 1. The van der Waals surface area contributed by atoms with E-state index >= 15 is 0 Å². The number of carbonyl (C=O) groups excluding carboxylic acids is 2. The molecule has 2 aliphatic rings. The van der Waals surface area contributed by atoms with Crippen LogP contribution in [-0.2, 0) is 29.3 Å². The lowest BCUT2D eigenvalue weighted by Crippen LogP contribution is -2.46. The molecule has 2 amide bonds. The Bertz CT molecular complexity index is 1180. The number of hydrogen-bond acceptors (Lipinski definition) is 5. The van der Waals surface area contributed by atoms with Gasteiger partial charge in [0.05, 0.1) is 17.1 Å². The molecule has 2 aliphatic heterocycles. The van der Waals surface area contributed by atoms with E-state index in [4.69, 9.17) is 11.6 Å². The molecule has 1 fully saturated rings. The molecule has 1 saturated heterocycles. The van der Waals surface area contributed by atoms with Gasteiger partial charge < -0.3 is 15.3 Å². The Balaban J connectivity index is 1.50. The summed E-state index contributed by atoms with van der Waals surface area (Å²) in [6.45, 7) is 0.648. The monoisotopic (exact) mass is 446 g/mol. The number of benzene rings is 1. The van der Waals surface area contributed by atoms with Gasteiger partial charge >= 0.3 is 5.69 Å². The van der Waals surface area contributed by atoms with Crippen molar-refractivity contribution in [3.8, 4) is 0 Å². The molecule has 164 valence electrons. The summed E-state index contributed by atoms with van der Waals surface area (Å²) in [7, 11) is 2.81. The molecule has 1 unspecified atom stereocenters. The van der Waals surface area contributed by atoms with Crippen LogP contribution in [0.4, 0.5) is 5.82 Å². The number of fused-ring (bicyclic) bond motifs is 1. The topological polar surface area (TPSA) is 114 Å². The summed E-state index contributed by atoms with van der Waals surface area (Å²) in [5, 5.41) is 14.1. The van der Waals surface area contributed by atoms with Crippen LogP contribution < -0.4 is 16.6 Å². The Kier molecular flexibility index (Phi) is 5.26. The summed E-state index contributed by atoms with van der Waals surface area (Å²) >= 11 is 5.92. The van der Waals surface area contributed by atoms with Gasteiger partial charge in [-0.25, -0.2) is 4.79 Å². The van der Waals surface area contributed by atoms with Crippen LogP contribution in [0, 0.1) is 0 Å². The number of nitrogens with zero attached hydrogens (tertiary/aromatic N) is 3. The van der Waals surface area contributed by atoms with Crippen LogP contribution in [-0.4, -0.2) is 44.0 Å². The fraction of sp³-hybridized carbons (Fsp3) is 0.429. The third-order valence-electron chi connectivity index (χ3n) is 6.31.